The summed E-state index contributed by atoms with van der Waals surface area (Å²) in [6, 6.07) is 1.83. The van der Waals surface area contributed by atoms with E-state index >= 15 is 0 Å². The van der Waals surface area contributed by atoms with E-state index in [-0.39, 0.29) is 5.91 Å². The summed E-state index contributed by atoms with van der Waals surface area (Å²) in [5, 5.41) is 0.609. The number of hydrogen-bond donors (Lipinski definition) is 1. The summed E-state index contributed by atoms with van der Waals surface area (Å²) in [6.45, 7) is 7.92. The first kappa shape index (κ1) is 16.0. The number of furan rings is 1. The molecule has 3 rings (SSSR count). The van der Waals surface area contributed by atoms with Gasteiger partial charge in [-0.25, -0.2) is 4.98 Å². The molecule has 1 saturated heterocycles. The lowest BCUT2D eigenvalue weighted by molar-refractivity contribution is 0.0759. The Bertz CT molecular complexity index is 694. The number of rotatable bonds is 3. The fourth-order valence-corrected chi connectivity index (χ4v) is 3.69. The maximum Gasteiger partial charge on any atom is 0.257 e. The highest BCUT2D eigenvalue weighted by atomic mass is 32.1. The van der Waals surface area contributed by atoms with Crippen LogP contribution in [0.1, 0.15) is 33.2 Å². The second-order valence-corrected chi connectivity index (χ2v) is 7.06. The second kappa shape index (κ2) is 6.72. The zero-order valence-corrected chi connectivity index (χ0v) is 14.4. The lowest BCUT2D eigenvalue weighted by Gasteiger charge is -2.21. The van der Waals surface area contributed by atoms with E-state index in [4.69, 9.17) is 10.2 Å². The van der Waals surface area contributed by atoms with Crippen LogP contribution in [0.4, 0.5) is 5.13 Å². The number of aryl methyl sites for hydroxylation is 2. The van der Waals surface area contributed by atoms with E-state index < -0.39 is 0 Å². The van der Waals surface area contributed by atoms with Gasteiger partial charge in [-0.1, -0.05) is 0 Å². The monoisotopic (exact) mass is 334 g/mol. The van der Waals surface area contributed by atoms with Crippen molar-refractivity contribution >= 4 is 22.4 Å². The maximum absolute atomic E-state index is 12.7. The smallest absolute Gasteiger partial charge is 0.257 e. The highest BCUT2D eigenvalue weighted by Crippen LogP contribution is 2.19. The Morgan fingerprint density at radius 2 is 2.17 bits per heavy atom. The van der Waals surface area contributed by atoms with Gasteiger partial charge in [-0.3, -0.25) is 9.69 Å². The summed E-state index contributed by atoms with van der Waals surface area (Å²) in [5.41, 5.74) is 6.37. The average Bonchev–Trinajstić information content (AvgIpc) is 2.96. The number of nitrogens with two attached hydrogens (primary N) is 1. The predicted molar refractivity (Wildman–Crippen MR) is 90.5 cm³/mol. The summed E-state index contributed by atoms with van der Waals surface area (Å²) >= 11 is 1.53. The topological polar surface area (TPSA) is 75.6 Å². The van der Waals surface area contributed by atoms with Crippen LogP contribution in [-0.4, -0.2) is 46.9 Å². The molecule has 3 heterocycles. The van der Waals surface area contributed by atoms with Gasteiger partial charge < -0.3 is 15.1 Å². The molecule has 0 unspecified atom stereocenters. The van der Waals surface area contributed by atoms with E-state index in [1.165, 1.54) is 16.2 Å². The standard InChI is InChI=1S/C16H22N4O2S/c1-11-8-14(12(2)22-11)15(21)20-5-3-4-19(6-7-20)10-13-9-18-16(17)23-13/h8-9H,3-7,10H2,1-2H3,(H2,17,18). The summed E-state index contributed by atoms with van der Waals surface area (Å²) in [7, 11) is 0. The number of nitrogens with zero attached hydrogens (tertiary/aromatic N) is 3. The van der Waals surface area contributed by atoms with Gasteiger partial charge in [-0.2, -0.15) is 0 Å². The fraction of sp³-hybridized carbons (Fsp3) is 0.500. The highest BCUT2D eigenvalue weighted by molar-refractivity contribution is 7.15. The van der Waals surface area contributed by atoms with E-state index in [0.717, 1.165) is 44.9 Å². The van der Waals surface area contributed by atoms with Gasteiger partial charge in [0.2, 0.25) is 0 Å². The van der Waals surface area contributed by atoms with E-state index in [0.29, 0.717) is 16.5 Å². The van der Waals surface area contributed by atoms with Crippen molar-refractivity contribution in [3.63, 3.8) is 0 Å². The zero-order chi connectivity index (χ0) is 16.4. The molecular weight excluding hydrogens is 312 g/mol. The number of carbonyl (C=O) groups is 1. The molecule has 0 atom stereocenters. The maximum atomic E-state index is 12.7. The Balaban J connectivity index is 1.62. The summed E-state index contributed by atoms with van der Waals surface area (Å²) in [4.78, 5) is 22.2. The van der Waals surface area contributed by atoms with Crippen LogP contribution in [0.3, 0.4) is 0 Å². The van der Waals surface area contributed by atoms with Crippen LogP contribution in [0.25, 0.3) is 0 Å². The molecule has 2 aromatic heterocycles. The average molecular weight is 334 g/mol. The predicted octanol–water partition coefficient (Wildman–Crippen LogP) is 2.28. The SMILES string of the molecule is Cc1cc(C(=O)N2CCCN(Cc3cnc(N)s3)CC2)c(C)o1. The van der Waals surface area contributed by atoms with Gasteiger partial charge in [0.25, 0.3) is 5.91 Å². The van der Waals surface area contributed by atoms with Crippen molar-refractivity contribution in [2.45, 2.75) is 26.8 Å². The highest BCUT2D eigenvalue weighted by Gasteiger charge is 2.23. The normalized spacial score (nSPS) is 16.5. The van der Waals surface area contributed by atoms with Crippen LogP contribution >= 0.6 is 11.3 Å². The molecule has 0 spiro atoms. The van der Waals surface area contributed by atoms with Gasteiger partial charge >= 0.3 is 0 Å². The fourth-order valence-electron chi connectivity index (χ4n) is 2.96. The lowest BCUT2D eigenvalue weighted by atomic mass is 10.2. The Kier molecular flexibility index (Phi) is 4.68. The number of thiazole rings is 1. The number of anilines is 1. The van der Waals surface area contributed by atoms with Gasteiger partial charge in [-0.15, -0.1) is 11.3 Å². The Hall–Kier alpha value is -1.86. The van der Waals surface area contributed by atoms with Crippen LogP contribution < -0.4 is 5.73 Å². The molecule has 23 heavy (non-hydrogen) atoms. The molecule has 0 bridgehead atoms. The Labute approximate surface area is 139 Å². The molecule has 0 aliphatic carbocycles. The minimum Gasteiger partial charge on any atom is -0.466 e. The molecule has 1 fully saturated rings. The van der Waals surface area contributed by atoms with Crippen LogP contribution in [0.5, 0.6) is 0 Å². The van der Waals surface area contributed by atoms with Gasteiger partial charge in [0.05, 0.1) is 5.56 Å². The Morgan fingerprint density at radius 1 is 1.35 bits per heavy atom. The minimum absolute atomic E-state index is 0.0724. The van der Waals surface area contributed by atoms with E-state index in [1.807, 2.05) is 31.0 Å². The van der Waals surface area contributed by atoms with Crippen molar-refractivity contribution in [1.29, 1.82) is 0 Å². The summed E-state index contributed by atoms with van der Waals surface area (Å²) in [5.74, 6) is 1.56. The summed E-state index contributed by atoms with van der Waals surface area (Å²) < 4.78 is 5.48. The van der Waals surface area contributed by atoms with Gasteiger partial charge in [0.15, 0.2) is 5.13 Å². The third kappa shape index (κ3) is 3.73. The van der Waals surface area contributed by atoms with Crippen LogP contribution in [0.2, 0.25) is 0 Å². The van der Waals surface area contributed by atoms with E-state index in [2.05, 4.69) is 9.88 Å². The van der Waals surface area contributed by atoms with Crippen molar-refractivity contribution in [1.82, 2.24) is 14.8 Å². The number of nitrogen functional groups attached to an aromatic ring is 1. The molecule has 7 heteroatoms. The van der Waals surface area contributed by atoms with Crippen LogP contribution in [-0.2, 0) is 6.54 Å². The number of aromatic nitrogens is 1. The molecule has 6 nitrogen and oxygen atoms in total. The van der Waals surface area contributed by atoms with Crippen molar-refractivity contribution in [2.75, 3.05) is 31.9 Å². The van der Waals surface area contributed by atoms with E-state index in [9.17, 15) is 4.79 Å². The number of hydrogen-bond acceptors (Lipinski definition) is 6. The van der Waals surface area contributed by atoms with Crippen LogP contribution in [0.15, 0.2) is 16.7 Å². The second-order valence-electron chi connectivity index (χ2n) is 5.91. The largest absolute Gasteiger partial charge is 0.466 e. The molecule has 0 saturated carbocycles. The molecule has 0 radical (unpaired) electrons. The Morgan fingerprint density at radius 3 is 2.83 bits per heavy atom. The third-order valence-electron chi connectivity index (χ3n) is 4.10. The van der Waals surface area contributed by atoms with Crippen LogP contribution in [0, 0.1) is 13.8 Å². The van der Waals surface area contributed by atoms with Crippen molar-refractivity contribution in [2.24, 2.45) is 0 Å². The number of carbonyl (C=O) groups excluding carboxylic acids is 1. The van der Waals surface area contributed by atoms with E-state index in [1.54, 1.807) is 0 Å². The first-order chi connectivity index (χ1) is 11.0. The molecular formula is C16H22N4O2S. The summed E-state index contributed by atoms with van der Waals surface area (Å²) in [6.07, 6.45) is 2.81. The van der Waals surface area contributed by atoms with Crippen molar-refractivity contribution in [3.8, 4) is 0 Å². The first-order valence-electron chi connectivity index (χ1n) is 7.82. The molecule has 1 aliphatic heterocycles. The molecule has 2 aromatic rings. The quantitative estimate of drug-likeness (QED) is 0.932. The molecule has 1 amide bonds. The van der Waals surface area contributed by atoms with Gasteiger partial charge in [-0.05, 0) is 26.3 Å². The first-order valence-corrected chi connectivity index (χ1v) is 8.63. The molecule has 0 aromatic carbocycles. The minimum atomic E-state index is 0.0724. The van der Waals surface area contributed by atoms with Gasteiger partial charge in [0, 0.05) is 43.8 Å². The zero-order valence-electron chi connectivity index (χ0n) is 13.5. The molecule has 124 valence electrons. The van der Waals surface area contributed by atoms with Crippen molar-refractivity contribution in [3.05, 3.63) is 34.2 Å². The van der Waals surface area contributed by atoms with Crippen molar-refractivity contribution < 1.29 is 9.21 Å². The van der Waals surface area contributed by atoms with Gasteiger partial charge in [0.1, 0.15) is 11.5 Å². The third-order valence-corrected chi connectivity index (χ3v) is 4.91. The molecule has 1 aliphatic rings. The number of amides is 1. The molecule has 2 N–H and O–H groups in total. The lowest BCUT2D eigenvalue weighted by Crippen LogP contribution is -2.35.